The van der Waals surface area contributed by atoms with E-state index in [1.54, 1.807) is 19.2 Å². The Kier molecular flexibility index (Phi) is 5.06. The number of nitrogens with zero attached hydrogens (tertiary/aromatic N) is 2. The van der Waals surface area contributed by atoms with Gasteiger partial charge in [0.1, 0.15) is 17.7 Å². The van der Waals surface area contributed by atoms with E-state index in [2.05, 4.69) is 10.3 Å². The van der Waals surface area contributed by atoms with Crippen molar-refractivity contribution in [3.63, 3.8) is 0 Å². The number of rotatable bonds is 5. The lowest BCUT2D eigenvalue weighted by Gasteiger charge is -2.14. The maximum absolute atomic E-state index is 14.6. The van der Waals surface area contributed by atoms with E-state index in [0.29, 0.717) is 35.1 Å². The van der Waals surface area contributed by atoms with Crippen LogP contribution in [0, 0.1) is 5.82 Å². The fourth-order valence-electron chi connectivity index (χ4n) is 3.05. The molecule has 1 N–H and O–H groups in total. The topological polar surface area (TPSA) is 80.8 Å². The Labute approximate surface area is 170 Å². The Hall–Kier alpha value is -3.20. The molecule has 7 nitrogen and oxygen atoms in total. The van der Waals surface area contributed by atoms with Crippen molar-refractivity contribution in [3.8, 4) is 5.75 Å². The average molecular weight is 415 g/mol. The molecule has 2 aromatic carbocycles. The molecule has 150 valence electrons. The van der Waals surface area contributed by atoms with E-state index in [1.807, 2.05) is 13.0 Å². The van der Waals surface area contributed by atoms with E-state index in [0.717, 1.165) is 10.8 Å². The molecule has 0 aliphatic carbocycles. The first kappa shape index (κ1) is 19.1. The molecule has 1 unspecified atom stereocenters. The molecule has 0 bridgehead atoms. The Morgan fingerprint density at radius 3 is 2.90 bits per heavy atom. The molecule has 1 aromatic heterocycles. The number of carbonyl (C=O) groups excluding carboxylic acids is 2. The van der Waals surface area contributed by atoms with Gasteiger partial charge >= 0.3 is 6.09 Å². The molecule has 2 amide bonds. The van der Waals surface area contributed by atoms with Crippen LogP contribution < -0.4 is 15.0 Å². The van der Waals surface area contributed by atoms with Gasteiger partial charge in [-0.1, -0.05) is 18.3 Å². The predicted molar refractivity (Wildman–Crippen MR) is 108 cm³/mol. The van der Waals surface area contributed by atoms with Crippen LogP contribution in [0.2, 0.25) is 0 Å². The number of carbonyl (C=O) groups is 2. The summed E-state index contributed by atoms with van der Waals surface area (Å²) in [6, 6.07) is 9.42. The highest BCUT2D eigenvalue weighted by Crippen LogP contribution is 2.30. The highest BCUT2D eigenvalue weighted by atomic mass is 32.1. The van der Waals surface area contributed by atoms with Gasteiger partial charge in [0.2, 0.25) is 0 Å². The normalized spacial score (nSPS) is 16.2. The predicted octanol–water partition coefficient (Wildman–Crippen LogP) is 4.43. The summed E-state index contributed by atoms with van der Waals surface area (Å²) in [7, 11) is 1.57. The van der Waals surface area contributed by atoms with Gasteiger partial charge in [0.25, 0.3) is 5.91 Å². The highest BCUT2D eigenvalue weighted by molar-refractivity contribution is 7.22. The molecule has 2 heterocycles. The second-order valence-corrected chi connectivity index (χ2v) is 7.53. The van der Waals surface area contributed by atoms with E-state index < -0.39 is 17.8 Å². The van der Waals surface area contributed by atoms with Crippen LogP contribution in [0.25, 0.3) is 10.2 Å². The highest BCUT2D eigenvalue weighted by Gasteiger charge is 2.31. The van der Waals surface area contributed by atoms with Crippen molar-refractivity contribution in [3.05, 3.63) is 47.8 Å². The summed E-state index contributed by atoms with van der Waals surface area (Å²) in [6.45, 7) is 2.27. The van der Waals surface area contributed by atoms with Gasteiger partial charge in [-0.2, -0.15) is 0 Å². The molecule has 0 radical (unpaired) electrons. The van der Waals surface area contributed by atoms with Crippen molar-refractivity contribution < 1.29 is 23.5 Å². The molecule has 0 saturated carbocycles. The second kappa shape index (κ2) is 7.67. The van der Waals surface area contributed by atoms with Gasteiger partial charge in [-0.05, 0) is 42.8 Å². The van der Waals surface area contributed by atoms with Gasteiger partial charge in [-0.25, -0.2) is 14.2 Å². The molecular formula is C20H18FN3O4S. The number of benzene rings is 2. The summed E-state index contributed by atoms with van der Waals surface area (Å²) in [6.07, 6.45) is -0.0521. The van der Waals surface area contributed by atoms with Gasteiger partial charge in [0, 0.05) is 0 Å². The summed E-state index contributed by atoms with van der Waals surface area (Å²) in [5.41, 5.74) is 0.928. The molecule has 1 aliphatic heterocycles. The molecule has 1 fully saturated rings. The van der Waals surface area contributed by atoms with E-state index in [9.17, 15) is 14.0 Å². The number of thiazole rings is 1. The maximum atomic E-state index is 14.6. The summed E-state index contributed by atoms with van der Waals surface area (Å²) < 4.78 is 25.8. The molecule has 1 aliphatic rings. The lowest BCUT2D eigenvalue weighted by atomic mass is 10.1. The minimum atomic E-state index is -0.726. The molecule has 0 spiro atoms. The molecule has 9 heteroatoms. The number of hydrogen-bond acceptors (Lipinski definition) is 6. The zero-order valence-corrected chi connectivity index (χ0v) is 16.6. The molecule has 29 heavy (non-hydrogen) atoms. The number of amides is 2. The van der Waals surface area contributed by atoms with Crippen LogP contribution >= 0.6 is 11.3 Å². The number of aromatic nitrogens is 1. The van der Waals surface area contributed by atoms with Crippen molar-refractivity contribution in [2.45, 2.75) is 19.4 Å². The lowest BCUT2D eigenvalue weighted by molar-refractivity contribution is 0.102. The number of hydrogen-bond donors (Lipinski definition) is 1. The van der Waals surface area contributed by atoms with Crippen LogP contribution in [-0.4, -0.2) is 36.7 Å². The van der Waals surface area contributed by atoms with Gasteiger partial charge in [-0.3, -0.25) is 15.0 Å². The van der Waals surface area contributed by atoms with Crippen molar-refractivity contribution in [2.24, 2.45) is 0 Å². The number of halogens is 1. The number of methoxy groups -OCH3 is 1. The van der Waals surface area contributed by atoms with Crippen LogP contribution in [0.1, 0.15) is 23.7 Å². The summed E-state index contributed by atoms with van der Waals surface area (Å²) in [5.74, 6) is -0.655. The van der Waals surface area contributed by atoms with Crippen LogP contribution in [0.3, 0.4) is 0 Å². The second-order valence-electron chi connectivity index (χ2n) is 6.50. The van der Waals surface area contributed by atoms with Crippen molar-refractivity contribution in [1.29, 1.82) is 0 Å². The quantitative estimate of drug-likeness (QED) is 0.667. The van der Waals surface area contributed by atoms with Crippen molar-refractivity contribution in [2.75, 3.05) is 23.9 Å². The number of fused-ring (bicyclic) bond motifs is 1. The standard InChI is InChI=1S/C20H18FN3O4S/c1-3-12-10-24(20(26)28-12)11-4-6-14(15(21)8-11)18(25)23-19-22-16-7-5-13(27-2)9-17(16)29-19/h4-9,12H,3,10H2,1-2H3,(H,22,23,25). The summed E-state index contributed by atoms with van der Waals surface area (Å²) >= 11 is 1.27. The largest absolute Gasteiger partial charge is 0.497 e. The van der Waals surface area contributed by atoms with Crippen LogP contribution in [0.15, 0.2) is 36.4 Å². The summed E-state index contributed by atoms with van der Waals surface area (Å²) in [5, 5.41) is 2.98. The van der Waals surface area contributed by atoms with Gasteiger partial charge in [-0.15, -0.1) is 0 Å². The lowest BCUT2D eigenvalue weighted by Crippen LogP contribution is -2.25. The molecular weight excluding hydrogens is 397 g/mol. The first-order chi connectivity index (χ1) is 14.0. The maximum Gasteiger partial charge on any atom is 0.414 e. The third-order valence-electron chi connectivity index (χ3n) is 4.65. The van der Waals surface area contributed by atoms with Crippen LogP contribution in [0.5, 0.6) is 5.75 Å². The van der Waals surface area contributed by atoms with Crippen molar-refractivity contribution in [1.82, 2.24) is 4.98 Å². The Morgan fingerprint density at radius 2 is 2.21 bits per heavy atom. The Balaban J connectivity index is 1.52. The first-order valence-electron chi connectivity index (χ1n) is 9.02. The smallest absolute Gasteiger partial charge is 0.414 e. The Bertz CT molecular complexity index is 1100. The fourth-order valence-corrected chi connectivity index (χ4v) is 3.94. The molecule has 1 atom stereocenters. The monoisotopic (exact) mass is 415 g/mol. The minimum absolute atomic E-state index is 0.134. The number of ether oxygens (including phenoxy) is 2. The molecule has 3 aromatic rings. The Morgan fingerprint density at radius 1 is 1.38 bits per heavy atom. The first-order valence-corrected chi connectivity index (χ1v) is 9.83. The number of nitrogens with one attached hydrogen (secondary N) is 1. The van der Waals surface area contributed by atoms with E-state index in [1.165, 1.54) is 28.4 Å². The van der Waals surface area contributed by atoms with E-state index in [4.69, 9.17) is 9.47 Å². The van der Waals surface area contributed by atoms with Crippen LogP contribution in [-0.2, 0) is 4.74 Å². The van der Waals surface area contributed by atoms with Crippen molar-refractivity contribution >= 4 is 44.4 Å². The van der Waals surface area contributed by atoms with Gasteiger partial charge in [0.15, 0.2) is 5.13 Å². The third-order valence-corrected chi connectivity index (χ3v) is 5.59. The van der Waals surface area contributed by atoms with E-state index in [-0.39, 0.29) is 11.7 Å². The zero-order valence-electron chi connectivity index (χ0n) is 15.8. The fraction of sp³-hybridized carbons (Fsp3) is 0.250. The molecule has 4 rings (SSSR count). The van der Waals surface area contributed by atoms with Gasteiger partial charge in [0.05, 0.1) is 35.1 Å². The van der Waals surface area contributed by atoms with E-state index >= 15 is 0 Å². The van der Waals surface area contributed by atoms with Crippen LogP contribution in [0.4, 0.5) is 20.0 Å². The number of anilines is 2. The third kappa shape index (κ3) is 3.73. The minimum Gasteiger partial charge on any atom is -0.497 e. The molecule has 1 saturated heterocycles. The summed E-state index contributed by atoms with van der Waals surface area (Å²) in [4.78, 5) is 30.1. The van der Waals surface area contributed by atoms with Gasteiger partial charge < -0.3 is 9.47 Å². The average Bonchev–Trinajstić information content (AvgIpc) is 3.29. The number of cyclic esters (lactones) is 1. The SMILES string of the molecule is CCC1CN(c2ccc(C(=O)Nc3nc4ccc(OC)cc4s3)c(F)c2)C(=O)O1. The zero-order chi connectivity index (χ0) is 20.5.